The normalized spacial score (nSPS) is 18.6. The molecule has 0 bridgehead atoms. The topological polar surface area (TPSA) is 20.2 Å². The van der Waals surface area contributed by atoms with Crippen molar-refractivity contribution in [3.63, 3.8) is 0 Å². The zero-order chi connectivity index (χ0) is 13.4. The Morgan fingerprint density at radius 2 is 1.74 bits per heavy atom. The molecule has 98 valence electrons. The predicted octanol–water partition coefficient (Wildman–Crippen LogP) is 3.73. The molecule has 19 heavy (non-hydrogen) atoms. The van der Waals surface area contributed by atoms with Gasteiger partial charge in [-0.05, 0) is 42.0 Å². The van der Waals surface area contributed by atoms with Crippen molar-refractivity contribution in [2.24, 2.45) is 0 Å². The van der Waals surface area contributed by atoms with Gasteiger partial charge in [0.05, 0.1) is 11.7 Å². The van der Waals surface area contributed by atoms with Crippen molar-refractivity contribution in [3.8, 4) is 0 Å². The molecule has 2 aromatic rings. The first-order valence-corrected chi connectivity index (χ1v) is 6.36. The van der Waals surface area contributed by atoms with Crippen molar-refractivity contribution in [2.45, 2.75) is 24.9 Å². The van der Waals surface area contributed by atoms with Crippen LogP contribution in [-0.4, -0.2) is 5.11 Å². The molecule has 1 aliphatic carbocycles. The third-order valence-corrected chi connectivity index (χ3v) is 3.80. The van der Waals surface area contributed by atoms with Crippen LogP contribution in [0.1, 0.15) is 35.1 Å². The first-order valence-electron chi connectivity index (χ1n) is 6.36. The Labute approximate surface area is 110 Å². The van der Waals surface area contributed by atoms with Crippen molar-refractivity contribution in [3.05, 3.63) is 70.8 Å². The summed E-state index contributed by atoms with van der Waals surface area (Å²) < 4.78 is 27.1. The van der Waals surface area contributed by atoms with E-state index in [0.717, 1.165) is 6.42 Å². The van der Waals surface area contributed by atoms with Crippen molar-refractivity contribution in [1.29, 1.82) is 0 Å². The maximum absolute atomic E-state index is 13.6. The molecule has 1 nitrogen and oxygen atoms in total. The van der Waals surface area contributed by atoms with Gasteiger partial charge in [-0.3, -0.25) is 0 Å². The number of aliphatic hydroxyl groups excluding tert-OH is 1. The van der Waals surface area contributed by atoms with E-state index in [1.807, 2.05) is 24.3 Å². The van der Waals surface area contributed by atoms with Gasteiger partial charge < -0.3 is 5.11 Å². The Morgan fingerprint density at radius 1 is 1.05 bits per heavy atom. The fourth-order valence-corrected chi connectivity index (χ4v) is 2.79. The number of halogens is 2. The molecule has 0 amide bonds. The lowest BCUT2D eigenvalue weighted by Gasteiger charge is -2.31. The molecule has 0 radical (unpaired) electrons. The minimum absolute atomic E-state index is 0.185. The van der Waals surface area contributed by atoms with Crippen molar-refractivity contribution in [1.82, 2.24) is 0 Å². The lowest BCUT2D eigenvalue weighted by Crippen LogP contribution is -2.20. The van der Waals surface area contributed by atoms with E-state index in [9.17, 15) is 13.9 Å². The number of aliphatic hydroxyl groups is 1. The van der Waals surface area contributed by atoms with Gasteiger partial charge in [0.15, 0.2) is 0 Å². The summed E-state index contributed by atoms with van der Waals surface area (Å²) in [5.74, 6) is -1.18. The second-order valence-corrected chi connectivity index (χ2v) is 4.99. The van der Waals surface area contributed by atoms with Gasteiger partial charge in [-0.25, -0.2) is 8.78 Å². The lowest BCUT2D eigenvalue weighted by molar-refractivity contribution is 0.144. The summed E-state index contributed by atoms with van der Waals surface area (Å²) >= 11 is 0. The first-order chi connectivity index (χ1) is 9.16. The number of benzene rings is 2. The van der Waals surface area contributed by atoms with Crippen LogP contribution in [-0.2, 0) is 6.42 Å². The van der Waals surface area contributed by atoms with Crippen LogP contribution in [0.2, 0.25) is 0 Å². The molecule has 0 aromatic heterocycles. The predicted molar refractivity (Wildman–Crippen MR) is 68.8 cm³/mol. The number of fused-ring (bicyclic) bond motifs is 1. The summed E-state index contributed by atoms with van der Waals surface area (Å²) in [6.45, 7) is 0. The Balaban J connectivity index is 1.79. The summed E-state index contributed by atoms with van der Waals surface area (Å²) in [6, 6.07) is 11.6. The third-order valence-electron chi connectivity index (χ3n) is 3.80. The van der Waals surface area contributed by atoms with Crippen molar-refractivity contribution < 1.29 is 13.9 Å². The largest absolute Gasteiger partial charge is 0.388 e. The van der Waals surface area contributed by atoms with Gasteiger partial charge in [0, 0.05) is 0 Å². The lowest BCUT2D eigenvalue weighted by atomic mass is 9.74. The van der Waals surface area contributed by atoms with Crippen LogP contribution in [0.25, 0.3) is 0 Å². The summed E-state index contributed by atoms with van der Waals surface area (Å²) in [7, 11) is 0. The fourth-order valence-electron chi connectivity index (χ4n) is 2.79. The maximum Gasteiger partial charge on any atom is 0.131 e. The highest BCUT2D eigenvalue weighted by Gasteiger charge is 2.29. The fraction of sp³-hybridized carbons (Fsp3) is 0.250. The molecule has 0 heterocycles. The van der Waals surface area contributed by atoms with E-state index in [2.05, 4.69) is 0 Å². The molecule has 0 spiro atoms. The van der Waals surface area contributed by atoms with E-state index in [1.165, 1.54) is 29.3 Å². The van der Waals surface area contributed by atoms with Crippen LogP contribution in [0.3, 0.4) is 0 Å². The van der Waals surface area contributed by atoms with E-state index in [0.29, 0.717) is 6.42 Å². The highest BCUT2D eigenvalue weighted by Crippen LogP contribution is 2.41. The Hall–Kier alpha value is -1.74. The summed E-state index contributed by atoms with van der Waals surface area (Å²) in [5, 5.41) is 10.1. The average Bonchev–Trinajstić information content (AvgIpc) is 2.36. The minimum Gasteiger partial charge on any atom is -0.388 e. The maximum atomic E-state index is 13.6. The van der Waals surface area contributed by atoms with Gasteiger partial charge in [-0.2, -0.15) is 0 Å². The molecule has 3 heteroatoms. The van der Waals surface area contributed by atoms with Gasteiger partial charge in [0.25, 0.3) is 0 Å². The highest BCUT2D eigenvalue weighted by atomic mass is 19.1. The second kappa shape index (κ2) is 4.74. The molecule has 0 saturated carbocycles. The number of rotatable bonds is 3. The SMILES string of the molecule is OC(CC1Cc2ccccc21)c1c(F)cccc1F. The van der Waals surface area contributed by atoms with Gasteiger partial charge in [-0.1, -0.05) is 30.3 Å². The Kier molecular flexibility index (Phi) is 3.07. The minimum atomic E-state index is -1.10. The zero-order valence-corrected chi connectivity index (χ0v) is 10.3. The molecule has 0 fully saturated rings. The molecular formula is C16H14F2O. The second-order valence-electron chi connectivity index (χ2n) is 4.99. The summed E-state index contributed by atoms with van der Waals surface area (Å²) in [4.78, 5) is 0. The molecule has 3 rings (SSSR count). The first kappa shape index (κ1) is 12.3. The van der Waals surface area contributed by atoms with Gasteiger partial charge in [0.1, 0.15) is 11.6 Å². The molecule has 1 aliphatic rings. The van der Waals surface area contributed by atoms with E-state index >= 15 is 0 Å². The molecule has 2 aromatic carbocycles. The van der Waals surface area contributed by atoms with Gasteiger partial charge in [-0.15, -0.1) is 0 Å². The standard InChI is InChI=1S/C16H14F2O/c17-13-6-3-7-14(18)16(13)15(19)9-11-8-10-4-1-2-5-12(10)11/h1-7,11,15,19H,8-9H2. The molecule has 2 atom stereocenters. The Bertz CT molecular complexity index is 589. The summed E-state index contributed by atoms with van der Waals surface area (Å²) in [5.41, 5.74) is 2.22. The highest BCUT2D eigenvalue weighted by molar-refractivity contribution is 5.40. The Morgan fingerprint density at radius 3 is 2.42 bits per heavy atom. The number of hydrogen-bond acceptors (Lipinski definition) is 1. The van der Waals surface area contributed by atoms with Crippen LogP contribution in [0.4, 0.5) is 8.78 Å². The van der Waals surface area contributed by atoms with E-state index < -0.39 is 17.7 Å². The molecule has 0 saturated heterocycles. The smallest absolute Gasteiger partial charge is 0.131 e. The monoisotopic (exact) mass is 260 g/mol. The van der Waals surface area contributed by atoms with Crippen LogP contribution < -0.4 is 0 Å². The average molecular weight is 260 g/mol. The van der Waals surface area contributed by atoms with Crippen LogP contribution in [0.15, 0.2) is 42.5 Å². The molecule has 2 unspecified atom stereocenters. The van der Waals surface area contributed by atoms with E-state index in [4.69, 9.17) is 0 Å². The van der Waals surface area contributed by atoms with Gasteiger partial charge >= 0.3 is 0 Å². The van der Waals surface area contributed by atoms with Crippen LogP contribution in [0.5, 0.6) is 0 Å². The molecule has 0 aliphatic heterocycles. The summed E-state index contributed by atoms with van der Waals surface area (Å²) in [6.07, 6.45) is 0.123. The van der Waals surface area contributed by atoms with E-state index in [-0.39, 0.29) is 11.5 Å². The van der Waals surface area contributed by atoms with E-state index in [1.54, 1.807) is 0 Å². The third kappa shape index (κ3) is 2.15. The molecule has 1 N–H and O–H groups in total. The zero-order valence-electron chi connectivity index (χ0n) is 10.3. The quantitative estimate of drug-likeness (QED) is 0.891. The van der Waals surface area contributed by atoms with Gasteiger partial charge in [0.2, 0.25) is 0 Å². The molecular weight excluding hydrogens is 246 g/mol. The van der Waals surface area contributed by atoms with Crippen molar-refractivity contribution in [2.75, 3.05) is 0 Å². The van der Waals surface area contributed by atoms with Crippen LogP contribution >= 0.6 is 0 Å². The van der Waals surface area contributed by atoms with Crippen molar-refractivity contribution >= 4 is 0 Å². The van der Waals surface area contributed by atoms with Crippen LogP contribution in [0, 0.1) is 11.6 Å². The number of hydrogen-bond donors (Lipinski definition) is 1.